The van der Waals surface area contributed by atoms with Gasteiger partial charge in [0, 0.05) is 19.2 Å². The van der Waals surface area contributed by atoms with Crippen molar-refractivity contribution in [3.05, 3.63) is 70.3 Å². The summed E-state index contributed by atoms with van der Waals surface area (Å²) in [4.78, 5) is 15.0. The number of hydrogen-bond donors (Lipinski definition) is 0. The topological polar surface area (TPSA) is 29.5 Å². The summed E-state index contributed by atoms with van der Waals surface area (Å²) in [5.41, 5.74) is 5.61. The lowest BCUT2D eigenvalue weighted by Gasteiger charge is -2.26. The van der Waals surface area contributed by atoms with Gasteiger partial charge in [0.2, 0.25) is 0 Å². The molecule has 3 nitrogen and oxygen atoms in total. The van der Waals surface area contributed by atoms with Crippen LogP contribution in [0.5, 0.6) is 0 Å². The zero-order valence-corrected chi connectivity index (χ0v) is 14.7. The quantitative estimate of drug-likeness (QED) is 0.833. The van der Waals surface area contributed by atoms with Gasteiger partial charge in [-0.1, -0.05) is 41.5 Å². The lowest BCUT2D eigenvalue weighted by Crippen LogP contribution is -2.30. The molecule has 1 unspecified atom stereocenters. The molecule has 2 aromatic carbocycles. The van der Waals surface area contributed by atoms with Gasteiger partial charge in [-0.05, 0) is 49.9 Å². The lowest BCUT2D eigenvalue weighted by molar-refractivity contribution is 0.0735. The fraction of sp³-hybridized carbons (Fsp3) is 0.381. The number of benzene rings is 2. The van der Waals surface area contributed by atoms with Crippen LogP contribution >= 0.6 is 0 Å². The van der Waals surface area contributed by atoms with Crippen molar-refractivity contribution in [2.75, 3.05) is 13.7 Å². The Kier molecular flexibility index (Phi) is 5.00. The molecule has 0 aliphatic carbocycles. The molecular formula is C21H25NO2. The minimum atomic E-state index is 0.126. The van der Waals surface area contributed by atoms with E-state index >= 15 is 0 Å². The summed E-state index contributed by atoms with van der Waals surface area (Å²) in [6.45, 7) is 5.64. The second-order valence-corrected chi connectivity index (χ2v) is 6.71. The fourth-order valence-corrected chi connectivity index (χ4v) is 3.63. The third-order valence-corrected chi connectivity index (χ3v) is 4.65. The van der Waals surface area contributed by atoms with Gasteiger partial charge < -0.3 is 9.64 Å². The van der Waals surface area contributed by atoms with Gasteiger partial charge in [0.1, 0.15) is 0 Å². The van der Waals surface area contributed by atoms with Crippen molar-refractivity contribution in [1.29, 1.82) is 0 Å². The Bertz CT molecular complexity index is 701. The minimum absolute atomic E-state index is 0.126. The number of carbonyl (C=O) groups is 1. The van der Waals surface area contributed by atoms with Crippen LogP contribution < -0.4 is 0 Å². The molecule has 1 saturated heterocycles. The molecule has 1 amide bonds. The second kappa shape index (κ2) is 7.18. The summed E-state index contributed by atoms with van der Waals surface area (Å²) < 4.78 is 5.13. The monoisotopic (exact) mass is 323 g/mol. The summed E-state index contributed by atoms with van der Waals surface area (Å²) in [5.74, 6) is 0.126. The summed E-state index contributed by atoms with van der Waals surface area (Å²) >= 11 is 0. The lowest BCUT2D eigenvalue weighted by atomic mass is 9.99. The molecular weight excluding hydrogens is 298 g/mol. The van der Waals surface area contributed by atoms with Crippen molar-refractivity contribution < 1.29 is 9.53 Å². The molecule has 1 aliphatic heterocycles. The van der Waals surface area contributed by atoms with E-state index in [0.717, 1.165) is 30.5 Å². The van der Waals surface area contributed by atoms with Crippen LogP contribution in [-0.2, 0) is 11.3 Å². The minimum Gasteiger partial charge on any atom is -0.380 e. The van der Waals surface area contributed by atoms with Crippen LogP contribution in [0.25, 0.3) is 0 Å². The van der Waals surface area contributed by atoms with Gasteiger partial charge in [0.15, 0.2) is 0 Å². The van der Waals surface area contributed by atoms with Crippen molar-refractivity contribution in [3.63, 3.8) is 0 Å². The van der Waals surface area contributed by atoms with E-state index in [1.807, 2.05) is 29.2 Å². The van der Waals surface area contributed by atoms with Crippen molar-refractivity contribution in [3.8, 4) is 0 Å². The average Bonchev–Trinajstić information content (AvgIpc) is 3.04. The molecule has 126 valence electrons. The van der Waals surface area contributed by atoms with E-state index in [4.69, 9.17) is 4.74 Å². The van der Waals surface area contributed by atoms with E-state index in [9.17, 15) is 4.79 Å². The zero-order chi connectivity index (χ0) is 17.1. The third kappa shape index (κ3) is 3.51. The highest BCUT2D eigenvalue weighted by molar-refractivity contribution is 5.94. The Morgan fingerprint density at radius 2 is 1.79 bits per heavy atom. The predicted octanol–water partition coefficient (Wildman–Crippen LogP) is 4.43. The van der Waals surface area contributed by atoms with Gasteiger partial charge in [-0.3, -0.25) is 4.79 Å². The van der Waals surface area contributed by atoms with Crippen LogP contribution in [0, 0.1) is 13.8 Å². The number of ether oxygens (including phenoxy) is 1. The number of amides is 1. The summed E-state index contributed by atoms with van der Waals surface area (Å²) in [7, 11) is 1.68. The molecule has 0 N–H and O–H groups in total. The smallest absolute Gasteiger partial charge is 0.254 e. The van der Waals surface area contributed by atoms with E-state index in [1.54, 1.807) is 7.11 Å². The SMILES string of the molecule is COCc1ccc(C(=O)N2CCCC2c2cc(C)cc(C)c2)cc1. The van der Waals surface area contributed by atoms with Gasteiger partial charge in [-0.2, -0.15) is 0 Å². The number of hydrogen-bond acceptors (Lipinski definition) is 2. The molecule has 1 fully saturated rings. The van der Waals surface area contributed by atoms with E-state index in [-0.39, 0.29) is 11.9 Å². The normalized spacial score (nSPS) is 17.3. The standard InChI is InChI=1S/C21H25NO2/c1-15-11-16(2)13-19(12-15)20-5-4-10-22(20)21(23)18-8-6-17(7-9-18)14-24-3/h6-9,11-13,20H,4-5,10,14H2,1-3H3. The molecule has 0 radical (unpaired) electrons. The largest absolute Gasteiger partial charge is 0.380 e. The van der Waals surface area contributed by atoms with Crippen molar-refractivity contribution in [2.24, 2.45) is 0 Å². The highest BCUT2D eigenvalue weighted by Gasteiger charge is 2.30. The Morgan fingerprint density at radius 3 is 2.42 bits per heavy atom. The van der Waals surface area contributed by atoms with Crippen LogP contribution in [-0.4, -0.2) is 24.5 Å². The molecule has 1 atom stereocenters. The first-order chi connectivity index (χ1) is 11.6. The van der Waals surface area contributed by atoms with E-state index in [0.29, 0.717) is 6.61 Å². The Morgan fingerprint density at radius 1 is 1.12 bits per heavy atom. The van der Waals surface area contributed by atoms with Crippen LogP contribution in [0.4, 0.5) is 0 Å². The van der Waals surface area contributed by atoms with Crippen molar-refractivity contribution in [1.82, 2.24) is 4.90 Å². The third-order valence-electron chi connectivity index (χ3n) is 4.65. The molecule has 3 rings (SSSR count). The first-order valence-corrected chi connectivity index (χ1v) is 8.55. The summed E-state index contributed by atoms with van der Waals surface area (Å²) in [6.07, 6.45) is 2.10. The molecule has 0 bridgehead atoms. The number of carbonyl (C=O) groups excluding carboxylic acids is 1. The predicted molar refractivity (Wildman–Crippen MR) is 96.1 cm³/mol. The van der Waals surface area contributed by atoms with Gasteiger partial charge in [-0.15, -0.1) is 0 Å². The Balaban J connectivity index is 1.83. The van der Waals surface area contributed by atoms with Crippen LogP contribution in [0.1, 0.15) is 51.5 Å². The second-order valence-electron chi connectivity index (χ2n) is 6.71. The van der Waals surface area contributed by atoms with E-state index in [1.165, 1.54) is 16.7 Å². The molecule has 2 aromatic rings. The van der Waals surface area contributed by atoms with Gasteiger partial charge in [0.05, 0.1) is 12.6 Å². The fourth-order valence-electron chi connectivity index (χ4n) is 3.63. The molecule has 3 heteroatoms. The van der Waals surface area contributed by atoms with Gasteiger partial charge >= 0.3 is 0 Å². The molecule has 0 spiro atoms. The molecule has 1 heterocycles. The zero-order valence-electron chi connectivity index (χ0n) is 14.7. The molecule has 0 aromatic heterocycles. The first-order valence-electron chi connectivity index (χ1n) is 8.55. The number of methoxy groups -OCH3 is 1. The average molecular weight is 323 g/mol. The number of rotatable bonds is 4. The maximum atomic E-state index is 13.0. The highest BCUT2D eigenvalue weighted by atomic mass is 16.5. The van der Waals surface area contributed by atoms with Crippen molar-refractivity contribution >= 4 is 5.91 Å². The van der Waals surface area contributed by atoms with E-state index in [2.05, 4.69) is 32.0 Å². The number of likely N-dealkylation sites (tertiary alicyclic amines) is 1. The maximum Gasteiger partial charge on any atom is 0.254 e. The summed E-state index contributed by atoms with van der Waals surface area (Å²) in [5, 5.41) is 0. The summed E-state index contributed by atoms with van der Waals surface area (Å²) in [6, 6.07) is 14.6. The van der Waals surface area contributed by atoms with Crippen molar-refractivity contribution in [2.45, 2.75) is 39.3 Å². The van der Waals surface area contributed by atoms with Crippen LogP contribution in [0.2, 0.25) is 0 Å². The molecule has 24 heavy (non-hydrogen) atoms. The Hall–Kier alpha value is -2.13. The molecule has 0 saturated carbocycles. The Labute approximate surface area is 144 Å². The highest BCUT2D eigenvalue weighted by Crippen LogP contribution is 2.34. The first kappa shape index (κ1) is 16.7. The number of nitrogens with zero attached hydrogens (tertiary/aromatic N) is 1. The maximum absolute atomic E-state index is 13.0. The van der Waals surface area contributed by atoms with E-state index < -0.39 is 0 Å². The number of aryl methyl sites for hydroxylation is 2. The van der Waals surface area contributed by atoms with Crippen LogP contribution in [0.15, 0.2) is 42.5 Å². The molecule has 1 aliphatic rings. The van der Waals surface area contributed by atoms with Gasteiger partial charge in [-0.25, -0.2) is 0 Å². The van der Waals surface area contributed by atoms with Crippen LogP contribution in [0.3, 0.4) is 0 Å². The van der Waals surface area contributed by atoms with Gasteiger partial charge in [0.25, 0.3) is 5.91 Å².